The topological polar surface area (TPSA) is 66.7 Å². The molecule has 0 saturated carbocycles. The monoisotopic (exact) mass is 435 g/mol. The van der Waals surface area contributed by atoms with Crippen LogP contribution >= 0.6 is 0 Å². The van der Waals surface area contributed by atoms with Gasteiger partial charge in [0.1, 0.15) is 5.69 Å². The van der Waals surface area contributed by atoms with Gasteiger partial charge in [0, 0.05) is 32.1 Å². The molecule has 0 bridgehead atoms. The Morgan fingerprint density at radius 3 is 2.32 bits per heavy atom. The molecule has 1 heterocycles. The number of nitrogens with zero attached hydrogens (tertiary/aromatic N) is 3. The van der Waals surface area contributed by atoms with Crippen LogP contribution in [0.15, 0.2) is 48.5 Å². The number of hydrogen-bond acceptors (Lipinski definition) is 4. The minimum Gasteiger partial charge on any atom is -0.366 e. The van der Waals surface area contributed by atoms with Crippen LogP contribution in [0.2, 0.25) is 0 Å². The predicted octanol–water partition coefficient (Wildman–Crippen LogP) is 5.05. The van der Waals surface area contributed by atoms with Gasteiger partial charge < -0.3 is 9.80 Å². The highest BCUT2D eigenvalue weighted by Crippen LogP contribution is 2.38. The van der Waals surface area contributed by atoms with Crippen molar-refractivity contribution >= 4 is 17.3 Å². The molecule has 0 aromatic heterocycles. The first-order valence-corrected chi connectivity index (χ1v) is 10.0. The van der Waals surface area contributed by atoms with Gasteiger partial charge in [-0.05, 0) is 37.5 Å². The molecule has 3 rings (SSSR count). The molecule has 31 heavy (non-hydrogen) atoms. The lowest BCUT2D eigenvalue weighted by atomic mass is 9.93. The first-order chi connectivity index (χ1) is 14.6. The van der Waals surface area contributed by atoms with Crippen LogP contribution in [0.25, 0.3) is 0 Å². The van der Waals surface area contributed by atoms with Crippen LogP contribution in [0.5, 0.6) is 0 Å². The normalized spacial score (nSPS) is 16.1. The molecule has 9 heteroatoms. The molecule has 1 saturated heterocycles. The average molecular weight is 435 g/mol. The smallest absolute Gasteiger partial charge is 0.366 e. The number of anilines is 1. The summed E-state index contributed by atoms with van der Waals surface area (Å²) in [6, 6.07) is 12.1. The maximum absolute atomic E-state index is 13.0. The van der Waals surface area contributed by atoms with E-state index in [1.807, 2.05) is 37.3 Å². The average Bonchev–Trinajstić information content (AvgIpc) is 2.77. The zero-order valence-electron chi connectivity index (χ0n) is 17.3. The maximum atomic E-state index is 13.0. The van der Waals surface area contributed by atoms with E-state index in [0.717, 1.165) is 17.7 Å². The highest BCUT2D eigenvalue weighted by atomic mass is 19.4. The summed E-state index contributed by atoms with van der Waals surface area (Å²) in [6.07, 6.45) is -3.70. The number of nitro benzene ring substituents is 1. The van der Waals surface area contributed by atoms with Crippen molar-refractivity contribution < 1.29 is 22.9 Å². The fourth-order valence-electron chi connectivity index (χ4n) is 3.91. The van der Waals surface area contributed by atoms with E-state index in [1.165, 1.54) is 0 Å². The lowest BCUT2D eigenvalue weighted by Gasteiger charge is -2.36. The molecule has 6 nitrogen and oxygen atoms in total. The van der Waals surface area contributed by atoms with Crippen LogP contribution in [0.1, 0.15) is 36.9 Å². The van der Waals surface area contributed by atoms with Crippen LogP contribution in [0, 0.1) is 16.0 Å². The number of piperidine rings is 1. The van der Waals surface area contributed by atoms with Crippen molar-refractivity contribution in [3.63, 3.8) is 0 Å². The summed E-state index contributed by atoms with van der Waals surface area (Å²) in [7, 11) is 1.76. The zero-order valence-corrected chi connectivity index (χ0v) is 17.3. The lowest BCUT2D eigenvalue weighted by Crippen LogP contribution is -2.42. The van der Waals surface area contributed by atoms with Gasteiger partial charge in [-0.3, -0.25) is 14.9 Å². The molecule has 2 aromatic rings. The highest BCUT2D eigenvalue weighted by molar-refractivity contribution is 5.79. The van der Waals surface area contributed by atoms with Crippen LogP contribution in [0.4, 0.5) is 24.5 Å². The standard InChI is InChI=1S/C22H24F3N3O3/c1-15(16-6-4-3-5-7-16)26(2)21(29)17-10-12-27(13-11-17)19-9-8-18(22(23,24)25)14-20(19)28(30)31/h3-9,14-15,17H,10-13H2,1-2H3/t15-/m0/s1. The number of amides is 1. The number of alkyl halides is 3. The number of halogens is 3. The number of benzene rings is 2. The molecular weight excluding hydrogens is 411 g/mol. The van der Waals surface area contributed by atoms with Crippen molar-refractivity contribution in [2.75, 3.05) is 25.0 Å². The Labute approximate surface area is 178 Å². The summed E-state index contributed by atoms with van der Waals surface area (Å²) >= 11 is 0. The summed E-state index contributed by atoms with van der Waals surface area (Å²) in [4.78, 5) is 26.9. The third-order valence-corrected chi connectivity index (χ3v) is 5.89. The summed E-state index contributed by atoms with van der Waals surface area (Å²) in [5.41, 5.74) is -0.454. The van der Waals surface area contributed by atoms with E-state index in [9.17, 15) is 28.1 Å². The maximum Gasteiger partial charge on any atom is 0.416 e. The third kappa shape index (κ3) is 4.98. The van der Waals surface area contributed by atoms with E-state index in [2.05, 4.69) is 0 Å². The quantitative estimate of drug-likeness (QED) is 0.487. The summed E-state index contributed by atoms with van der Waals surface area (Å²) in [5.74, 6) is -0.237. The van der Waals surface area contributed by atoms with E-state index < -0.39 is 22.4 Å². The summed E-state index contributed by atoms with van der Waals surface area (Å²) in [6.45, 7) is 2.67. The van der Waals surface area contributed by atoms with E-state index in [1.54, 1.807) is 16.8 Å². The third-order valence-electron chi connectivity index (χ3n) is 5.89. The molecular formula is C22H24F3N3O3. The van der Waals surface area contributed by atoms with Gasteiger partial charge in [0.2, 0.25) is 5.91 Å². The number of rotatable bonds is 5. The molecule has 1 aliphatic heterocycles. The first kappa shape index (κ1) is 22.6. The minimum absolute atomic E-state index is 0.00192. The van der Waals surface area contributed by atoms with Crippen molar-refractivity contribution in [3.05, 3.63) is 69.8 Å². The van der Waals surface area contributed by atoms with Gasteiger partial charge in [-0.2, -0.15) is 13.2 Å². The molecule has 1 atom stereocenters. The van der Waals surface area contributed by atoms with Gasteiger partial charge in [0.25, 0.3) is 5.69 Å². The second kappa shape index (κ2) is 8.95. The van der Waals surface area contributed by atoms with Crippen molar-refractivity contribution in [2.45, 2.75) is 32.0 Å². The lowest BCUT2D eigenvalue weighted by molar-refractivity contribution is -0.384. The molecule has 166 valence electrons. The predicted molar refractivity (Wildman–Crippen MR) is 111 cm³/mol. The van der Waals surface area contributed by atoms with Gasteiger partial charge in [-0.15, -0.1) is 0 Å². The van der Waals surface area contributed by atoms with Gasteiger partial charge in [0.05, 0.1) is 16.5 Å². The van der Waals surface area contributed by atoms with Gasteiger partial charge in [-0.25, -0.2) is 0 Å². The summed E-state index contributed by atoms with van der Waals surface area (Å²) in [5, 5.41) is 11.4. The Kier molecular flexibility index (Phi) is 6.52. The first-order valence-electron chi connectivity index (χ1n) is 10.0. The fraction of sp³-hybridized carbons (Fsp3) is 0.409. The highest BCUT2D eigenvalue weighted by Gasteiger charge is 2.35. The Morgan fingerprint density at radius 2 is 1.77 bits per heavy atom. The fourth-order valence-corrected chi connectivity index (χ4v) is 3.91. The van der Waals surface area contributed by atoms with Crippen LogP contribution in [0.3, 0.4) is 0 Å². The second-order valence-corrected chi connectivity index (χ2v) is 7.76. The Morgan fingerprint density at radius 1 is 1.16 bits per heavy atom. The van der Waals surface area contributed by atoms with Crippen LogP contribution in [-0.4, -0.2) is 35.9 Å². The molecule has 1 amide bonds. The molecule has 2 aromatic carbocycles. The number of carbonyl (C=O) groups excluding carboxylic acids is 1. The minimum atomic E-state index is -4.65. The van der Waals surface area contributed by atoms with Crippen molar-refractivity contribution in [1.82, 2.24) is 4.90 Å². The van der Waals surface area contributed by atoms with E-state index in [0.29, 0.717) is 32.0 Å². The van der Waals surface area contributed by atoms with E-state index in [4.69, 9.17) is 0 Å². The SMILES string of the molecule is C[C@@H](c1ccccc1)N(C)C(=O)C1CCN(c2ccc(C(F)(F)F)cc2[N+](=O)[O-])CC1. The van der Waals surface area contributed by atoms with E-state index in [-0.39, 0.29) is 23.6 Å². The molecule has 0 spiro atoms. The molecule has 0 unspecified atom stereocenters. The number of hydrogen-bond donors (Lipinski definition) is 0. The van der Waals surface area contributed by atoms with Crippen molar-refractivity contribution in [2.24, 2.45) is 5.92 Å². The molecule has 0 N–H and O–H groups in total. The Hall–Kier alpha value is -3.10. The Bertz CT molecular complexity index is 942. The van der Waals surface area contributed by atoms with E-state index >= 15 is 0 Å². The second-order valence-electron chi connectivity index (χ2n) is 7.76. The van der Waals surface area contributed by atoms with Crippen molar-refractivity contribution in [1.29, 1.82) is 0 Å². The largest absolute Gasteiger partial charge is 0.416 e. The van der Waals surface area contributed by atoms with Gasteiger partial charge >= 0.3 is 6.18 Å². The zero-order chi connectivity index (χ0) is 22.8. The molecule has 1 fully saturated rings. The van der Waals surface area contributed by atoms with Gasteiger partial charge in [-0.1, -0.05) is 30.3 Å². The Balaban J connectivity index is 1.69. The van der Waals surface area contributed by atoms with Gasteiger partial charge in [0.15, 0.2) is 0 Å². The van der Waals surface area contributed by atoms with Crippen molar-refractivity contribution in [3.8, 4) is 0 Å². The molecule has 0 radical (unpaired) electrons. The molecule has 1 aliphatic rings. The van der Waals surface area contributed by atoms with Crippen LogP contribution in [-0.2, 0) is 11.0 Å². The van der Waals surface area contributed by atoms with Crippen LogP contribution < -0.4 is 4.90 Å². The number of carbonyl (C=O) groups is 1. The molecule has 0 aliphatic carbocycles. The number of nitro groups is 1. The summed E-state index contributed by atoms with van der Waals surface area (Å²) < 4.78 is 38.8.